The van der Waals surface area contributed by atoms with Crippen LogP contribution in [0.5, 0.6) is 0 Å². The summed E-state index contributed by atoms with van der Waals surface area (Å²) in [5.74, 6) is -1.21. The third kappa shape index (κ3) is 2.60. The predicted octanol–water partition coefficient (Wildman–Crippen LogP) is 0.568. The Balaban J connectivity index is 3.14. The molecule has 1 atom stereocenters. The van der Waals surface area contributed by atoms with E-state index in [1.165, 1.54) is 10.9 Å². The highest BCUT2D eigenvalue weighted by Crippen LogP contribution is 2.19. The van der Waals surface area contributed by atoms with E-state index in [-0.39, 0.29) is 10.8 Å². The molecule has 0 aliphatic heterocycles. The van der Waals surface area contributed by atoms with Gasteiger partial charge in [-0.05, 0) is 5.92 Å². The molecule has 1 aromatic heterocycles. The second-order valence-corrected chi connectivity index (χ2v) is 5.97. The molecular formula is C9H14N2O4S. The lowest BCUT2D eigenvalue weighted by Gasteiger charge is -2.16. The van der Waals surface area contributed by atoms with E-state index in [1.807, 2.05) is 0 Å². The summed E-state index contributed by atoms with van der Waals surface area (Å²) in [5.41, 5.74) is 0. The van der Waals surface area contributed by atoms with E-state index in [1.54, 1.807) is 13.8 Å². The monoisotopic (exact) mass is 246 g/mol. The predicted molar refractivity (Wildman–Crippen MR) is 56.8 cm³/mol. The molecule has 0 saturated carbocycles. The number of hydrogen-bond acceptors (Lipinski definition) is 4. The number of carbonyl (C=O) groups is 1. The van der Waals surface area contributed by atoms with Gasteiger partial charge in [0.2, 0.25) is 0 Å². The van der Waals surface area contributed by atoms with E-state index in [0.29, 0.717) is 0 Å². The Hall–Kier alpha value is -1.37. The quantitative estimate of drug-likeness (QED) is 0.838. The molecule has 1 unspecified atom stereocenters. The Bertz CT molecular complexity index is 489. The van der Waals surface area contributed by atoms with E-state index >= 15 is 0 Å². The lowest BCUT2D eigenvalue weighted by atomic mass is 10.1. The third-order valence-electron chi connectivity index (χ3n) is 2.18. The van der Waals surface area contributed by atoms with Gasteiger partial charge < -0.3 is 5.11 Å². The second kappa shape index (κ2) is 4.25. The van der Waals surface area contributed by atoms with E-state index in [2.05, 4.69) is 5.10 Å². The molecule has 7 heteroatoms. The van der Waals surface area contributed by atoms with Crippen molar-refractivity contribution in [3.8, 4) is 0 Å². The molecule has 0 spiro atoms. The van der Waals surface area contributed by atoms with Crippen molar-refractivity contribution in [2.45, 2.75) is 24.8 Å². The van der Waals surface area contributed by atoms with Gasteiger partial charge in [0.25, 0.3) is 0 Å². The molecular weight excluding hydrogens is 232 g/mol. The summed E-state index contributed by atoms with van der Waals surface area (Å²) < 4.78 is 23.6. The van der Waals surface area contributed by atoms with Crippen LogP contribution < -0.4 is 0 Å². The van der Waals surface area contributed by atoms with Gasteiger partial charge in [0.1, 0.15) is 4.90 Å². The molecule has 1 aromatic rings. The molecule has 0 aliphatic rings. The van der Waals surface area contributed by atoms with E-state index < -0.39 is 21.8 Å². The van der Waals surface area contributed by atoms with Crippen LogP contribution in [-0.2, 0) is 14.6 Å². The molecule has 90 valence electrons. The van der Waals surface area contributed by atoms with Crippen LogP contribution in [0.4, 0.5) is 0 Å². The molecule has 6 nitrogen and oxygen atoms in total. The van der Waals surface area contributed by atoms with Crippen LogP contribution in [0.25, 0.3) is 0 Å². The lowest BCUT2D eigenvalue weighted by Crippen LogP contribution is -2.24. The third-order valence-corrected chi connectivity index (χ3v) is 3.24. The Kier molecular flexibility index (Phi) is 3.37. The van der Waals surface area contributed by atoms with Crippen LogP contribution in [0.15, 0.2) is 17.3 Å². The zero-order chi connectivity index (χ0) is 12.5. The van der Waals surface area contributed by atoms with Crippen molar-refractivity contribution < 1.29 is 18.3 Å². The smallest absolute Gasteiger partial charge is 0.328 e. The first-order chi connectivity index (χ1) is 7.23. The number of carboxylic acids is 1. The zero-order valence-corrected chi connectivity index (χ0v) is 10.1. The normalized spacial score (nSPS) is 14.0. The topological polar surface area (TPSA) is 89.3 Å². The summed E-state index contributed by atoms with van der Waals surface area (Å²) in [6, 6.07) is -0.851. The first kappa shape index (κ1) is 12.7. The average Bonchev–Trinajstić information content (AvgIpc) is 2.50. The van der Waals surface area contributed by atoms with Crippen molar-refractivity contribution in [1.82, 2.24) is 9.78 Å². The van der Waals surface area contributed by atoms with E-state index in [9.17, 15) is 13.2 Å². The van der Waals surface area contributed by atoms with Crippen molar-refractivity contribution in [3.05, 3.63) is 12.4 Å². The fourth-order valence-corrected chi connectivity index (χ4v) is 1.91. The van der Waals surface area contributed by atoms with Gasteiger partial charge in [0.15, 0.2) is 15.9 Å². The van der Waals surface area contributed by atoms with Gasteiger partial charge in [-0.2, -0.15) is 5.10 Å². The summed E-state index contributed by atoms with van der Waals surface area (Å²) in [5, 5.41) is 12.8. The largest absolute Gasteiger partial charge is 0.480 e. The van der Waals surface area contributed by atoms with Crippen molar-refractivity contribution >= 4 is 15.8 Å². The highest BCUT2D eigenvalue weighted by atomic mass is 32.2. The van der Waals surface area contributed by atoms with E-state index in [0.717, 1.165) is 12.5 Å². The van der Waals surface area contributed by atoms with Gasteiger partial charge in [-0.1, -0.05) is 13.8 Å². The maximum absolute atomic E-state index is 11.2. The van der Waals surface area contributed by atoms with Gasteiger partial charge in [0, 0.05) is 12.5 Å². The molecule has 0 fully saturated rings. The molecule has 0 radical (unpaired) electrons. The molecule has 1 heterocycles. The summed E-state index contributed by atoms with van der Waals surface area (Å²) in [4.78, 5) is 11.0. The molecule has 0 saturated heterocycles. The van der Waals surface area contributed by atoms with Crippen LogP contribution in [-0.4, -0.2) is 35.5 Å². The number of sulfone groups is 1. The molecule has 16 heavy (non-hydrogen) atoms. The molecule has 0 aromatic carbocycles. The van der Waals surface area contributed by atoms with Gasteiger partial charge in [-0.25, -0.2) is 13.2 Å². The van der Waals surface area contributed by atoms with Crippen LogP contribution >= 0.6 is 0 Å². The average molecular weight is 246 g/mol. The summed E-state index contributed by atoms with van der Waals surface area (Å²) >= 11 is 0. The van der Waals surface area contributed by atoms with Gasteiger partial charge >= 0.3 is 5.97 Å². The number of rotatable bonds is 4. The minimum absolute atomic E-state index is 0.0272. The Morgan fingerprint density at radius 3 is 2.38 bits per heavy atom. The van der Waals surface area contributed by atoms with Crippen molar-refractivity contribution in [2.24, 2.45) is 5.92 Å². The minimum atomic E-state index is -3.34. The molecule has 1 N–H and O–H groups in total. The highest BCUT2D eigenvalue weighted by Gasteiger charge is 2.25. The standard InChI is InChI=1S/C9H14N2O4S/c1-6(2)8(9(12)13)11-5-7(4-10-11)16(3,14)15/h4-6,8H,1-3H3,(H,12,13). The van der Waals surface area contributed by atoms with E-state index in [4.69, 9.17) is 5.11 Å². The van der Waals surface area contributed by atoms with Gasteiger partial charge in [0.05, 0.1) is 6.20 Å². The maximum atomic E-state index is 11.2. The SMILES string of the molecule is CC(C)C(C(=O)O)n1cc(S(C)(=O)=O)cn1. The lowest BCUT2D eigenvalue weighted by molar-refractivity contribution is -0.142. The molecule has 1 rings (SSSR count). The van der Waals surface area contributed by atoms with Crippen molar-refractivity contribution in [1.29, 1.82) is 0 Å². The van der Waals surface area contributed by atoms with Gasteiger partial charge in [-0.15, -0.1) is 0 Å². The number of nitrogens with zero attached hydrogens (tertiary/aromatic N) is 2. The number of hydrogen-bond donors (Lipinski definition) is 1. The van der Waals surface area contributed by atoms with Crippen LogP contribution in [0.3, 0.4) is 0 Å². The fourth-order valence-electron chi connectivity index (χ4n) is 1.37. The van der Waals surface area contributed by atoms with Gasteiger partial charge in [-0.3, -0.25) is 4.68 Å². The summed E-state index contributed by atoms with van der Waals surface area (Å²) in [6.45, 7) is 3.47. The Labute approximate surface area is 93.8 Å². The number of carboxylic acid groups (broad SMARTS) is 1. The second-order valence-electron chi connectivity index (χ2n) is 3.96. The molecule has 0 amide bonds. The molecule has 0 bridgehead atoms. The fraction of sp³-hybridized carbons (Fsp3) is 0.556. The van der Waals surface area contributed by atoms with Crippen molar-refractivity contribution in [2.75, 3.05) is 6.26 Å². The van der Waals surface area contributed by atoms with Crippen molar-refractivity contribution in [3.63, 3.8) is 0 Å². The Morgan fingerprint density at radius 1 is 1.50 bits per heavy atom. The maximum Gasteiger partial charge on any atom is 0.328 e. The number of aliphatic carboxylic acids is 1. The Morgan fingerprint density at radius 2 is 2.06 bits per heavy atom. The first-order valence-electron chi connectivity index (χ1n) is 4.70. The first-order valence-corrected chi connectivity index (χ1v) is 6.59. The molecule has 0 aliphatic carbocycles. The van der Waals surface area contributed by atoms with Crippen LogP contribution in [0.1, 0.15) is 19.9 Å². The van der Waals surface area contributed by atoms with Crippen LogP contribution in [0.2, 0.25) is 0 Å². The summed E-state index contributed by atoms with van der Waals surface area (Å²) in [6.07, 6.45) is 3.46. The summed E-state index contributed by atoms with van der Waals surface area (Å²) in [7, 11) is -3.34. The minimum Gasteiger partial charge on any atom is -0.480 e. The van der Waals surface area contributed by atoms with Crippen LogP contribution in [0, 0.1) is 5.92 Å². The number of aromatic nitrogens is 2. The highest BCUT2D eigenvalue weighted by molar-refractivity contribution is 7.90. The zero-order valence-electron chi connectivity index (χ0n) is 9.28.